The molecule has 5 heteroatoms. The third kappa shape index (κ3) is 4.74. The van der Waals surface area contributed by atoms with Crippen molar-refractivity contribution in [1.82, 2.24) is 9.97 Å². The number of nitrogens with zero attached hydrogens (tertiary/aromatic N) is 2. The van der Waals surface area contributed by atoms with Gasteiger partial charge in [-0.25, -0.2) is 9.97 Å². The smallest absolute Gasteiger partial charge is 0.163 e. The van der Waals surface area contributed by atoms with E-state index in [4.69, 9.17) is 9.97 Å². The summed E-state index contributed by atoms with van der Waals surface area (Å²) in [7, 11) is 0. The number of anilines is 1. The number of fused-ring (bicyclic) bond motifs is 1. The van der Waals surface area contributed by atoms with Gasteiger partial charge in [0.05, 0.1) is 0 Å². The Balaban J connectivity index is 1.59. The third-order valence-electron chi connectivity index (χ3n) is 4.77. The Labute approximate surface area is 175 Å². The van der Waals surface area contributed by atoms with Gasteiger partial charge in [-0.2, -0.15) is 0 Å². The van der Waals surface area contributed by atoms with E-state index in [1.807, 2.05) is 12.1 Å². The number of rotatable bonds is 7. The van der Waals surface area contributed by atoms with Gasteiger partial charge < -0.3 is 10.4 Å². The first-order valence-electron chi connectivity index (χ1n) is 9.97. The van der Waals surface area contributed by atoms with Crippen molar-refractivity contribution in [2.75, 3.05) is 5.32 Å². The highest BCUT2D eigenvalue weighted by Crippen LogP contribution is 2.32. The van der Waals surface area contributed by atoms with Crippen LogP contribution in [0.3, 0.4) is 0 Å². The second-order valence-electron chi connectivity index (χ2n) is 7.53. The van der Waals surface area contributed by atoms with Crippen LogP contribution in [0.4, 0.5) is 5.82 Å². The van der Waals surface area contributed by atoms with Crippen LogP contribution in [-0.2, 0) is 12.8 Å². The normalized spacial score (nSPS) is 11.3. The maximum Gasteiger partial charge on any atom is 0.163 e. The summed E-state index contributed by atoms with van der Waals surface area (Å²) < 4.78 is 1.25. The summed E-state index contributed by atoms with van der Waals surface area (Å²) in [6, 6.07) is 18.2. The fourth-order valence-electron chi connectivity index (χ4n) is 3.40. The van der Waals surface area contributed by atoms with Gasteiger partial charge >= 0.3 is 0 Å². The van der Waals surface area contributed by atoms with Gasteiger partial charge in [-0.15, -0.1) is 11.3 Å². The van der Waals surface area contributed by atoms with Crippen LogP contribution in [-0.4, -0.2) is 21.1 Å². The molecule has 4 aromatic rings. The van der Waals surface area contributed by atoms with Crippen LogP contribution in [0.25, 0.3) is 21.5 Å². The van der Waals surface area contributed by atoms with Gasteiger partial charge in [0.1, 0.15) is 11.6 Å². The molecule has 148 valence electrons. The molecule has 4 nitrogen and oxygen atoms in total. The molecule has 29 heavy (non-hydrogen) atoms. The van der Waals surface area contributed by atoms with Gasteiger partial charge in [0, 0.05) is 38.8 Å². The number of aromatic hydroxyl groups is 1. The highest BCUT2D eigenvalue weighted by Gasteiger charge is 2.12. The summed E-state index contributed by atoms with van der Waals surface area (Å²) in [6.45, 7) is 4.23. The monoisotopic (exact) mass is 403 g/mol. The van der Waals surface area contributed by atoms with Crippen molar-refractivity contribution in [2.24, 2.45) is 0 Å². The van der Waals surface area contributed by atoms with E-state index in [0.717, 1.165) is 42.2 Å². The molecular formula is C24H25N3OS. The molecule has 0 aliphatic rings. The van der Waals surface area contributed by atoms with E-state index in [1.165, 1.54) is 15.6 Å². The molecule has 0 saturated carbocycles. The minimum absolute atomic E-state index is 0.307. The second kappa shape index (κ2) is 8.62. The Morgan fingerprint density at radius 3 is 2.59 bits per heavy atom. The topological polar surface area (TPSA) is 58.0 Å². The van der Waals surface area contributed by atoms with Crippen LogP contribution in [0, 0.1) is 0 Å². The number of hydrogen-bond donors (Lipinski definition) is 2. The SMILES string of the molecule is CC(C)Nc1cc(CCCc2ccc(O)cc2)nc(-c2csc3ccccc23)n1. The molecule has 0 bridgehead atoms. The van der Waals surface area contributed by atoms with Crippen molar-refractivity contribution < 1.29 is 5.11 Å². The lowest BCUT2D eigenvalue weighted by molar-refractivity contribution is 0.475. The quantitative estimate of drug-likeness (QED) is 0.394. The number of aromatic nitrogens is 2. The Morgan fingerprint density at radius 2 is 1.79 bits per heavy atom. The number of phenolic OH excluding ortho intramolecular Hbond substituents is 1. The zero-order chi connectivity index (χ0) is 20.2. The third-order valence-corrected chi connectivity index (χ3v) is 5.74. The number of thiophene rings is 1. The molecule has 0 fully saturated rings. The van der Waals surface area contributed by atoms with Crippen LogP contribution in [0.1, 0.15) is 31.5 Å². The first kappa shape index (κ1) is 19.4. The van der Waals surface area contributed by atoms with E-state index < -0.39 is 0 Å². The van der Waals surface area contributed by atoms with Gasteiger partial charge in [0.2, 0.25) is 0 Å². The number of phenols is 1. The average molecular weight is 404 g/mol. The molecule has 2 aromatic heterocycles. The average Bonchev–Trinajstić information content (AvgIpc) is 3.13. The molecule has 0 amide bonds. The first-order chi connectivity index (χ1) is 14.1. The van der Waals surface area contributed by atoms with Crippen molar-refractivity contribution in [2.45, 2.75) is 39.2 Å². The predicted molar refractivity (Wildman–Crippen MR) is 122 cm³/mol. The Bertz CT molecular complexity index is 1100. The number of aryl methyl sites for hydroxylation is 2. The van der Waals surface area contributed by atoms with Crippen molar-refractivity contribution in [3.63, 3.8) is 0 Å². The zero-order valence-electron chi connectivity index (χ0n) is 16.7. The van der Waals surface area contributed by atoms with Crippen LogP contribution >= 0.6 is 11.3 Å². The summed E-state index contributed by atoms with van der Waals surface area (Å²) in [5.74, 6) is 1.97. The van der Waals surface area contributed by atoms with E-state index >= 15 is 0 Å². The van der Waals surface area contributed by atoms with E-state index in [2.05, 4.69) is 54.9 Å². The Hall–Kier alpha value is -2.92. The van der Waals surface area contributed by atoms with Crippen molar-refractivity contribution in [3.8, 4) is 17.1 Å². The molecule has 0 atom stereocenters. The minimum atomic E-state index is 0.307. The van der Waals surface area contributed by atoms with E-state index in [1.54, 1.807) is 23.5 Å². The van der Waals surface area contributed by atoms with Gasteiger partial charge in [0.25, 0.3) is 0 Å². The lowest BCUT2D eigenvalue weighted by Crippen LogP contribution is -2.12. The molecule has 2 heterocycles. The predicted octanol–water partition coefficient (Wildman–Crippen LogP) is 6.06. The summed E-state index contributed by atoms with van der Waals surface area (Å²) in [6.07, 6.45) is 2.83. The molecule has 0 spiro atoms. The van der Waals surface area contributed by atoms with Crippen LogP contribution in [0.2, 0.25) is 0 Å². The molecule has 0 radical (unpaired) electrons. The van der Waals surface area contributed by atoms with Crippen LogP contribution in [0.15, 0.2) is 60.0 Å². The van der Waals surface area contributed by atoms with Crippen LogP contribution in [0.5, 0.6) is 5.75 Å². The maximum absolute atomic E-state index is 9.44. The molecule has 2 aromatic carbocycles. The Morgan fingerprint density at radius 1 is 1.00 bits per heavy atom. The number of nitrogens with one attached hydrogen (secondary N) is 1. The van der Waals surface area contributed by atoms with Crippen molar-refractivity contribution >= 4 is 27.2 Å². The molecule has 4 rings (SSSR count). The fourth-order valence-corrected chi connectivity index (χ4v) is 4.34. The summed E-state index contributed by atoms with van der Waals surface area (Å²) in [5, 5.41) is 16.2. The maximum atomic E-state index is 9.44. The molecule has 0 unspecified atom stereocenters. The van der Waals surface area contributed by atoms with Crippen molar-refractivity contribution in [3.05, 3.63) is 71.2 Å². The van der Waals surface area contributed by atoms with Crippen LogP contribution < -0.4 is 5.32 Å². The molecular weight excluding hydrogens is 378 g/mol. The van der Waals surface area contributed by atoms with Gasteiger partial charge in [-0.3, -0.25) is 0 Å². The Kier molecular flexibility index (Phi) is 5.76. The van der Waals surface area contributed by atoms with Gasteiger partial charge in [-0.1, -0.05) is 30.3 Å². The van der Waals surface area contributed by atoms with E-state index in [0.29, 0.717) is 11.8 Å². The number of benzene rings is 2. The van der Waals surface area contributed by atoms with E-state index in [9.17, 15) is 5.11 Å². The molecule has 0 saturated heterocycles. The lowest BCUT2D eigenvalue weighted by Gasteiger charge is -2.12. The standard InChI is InChI=1S/C24H25N3OS/c1-16(2)25-23-14-18(7-5-6-17-10-12-19(28)13-11-17)26-24(27-23)21-15-29-22-9-4-3-8-20(21)22/h3-4,8-16,28H,5-7H2,1-2H3,(H,25,26,27). The number of hydrogen-bond acceptors (Lipinski definition) is 5. The van der Waals surface area contributed by atoms with Crippen molar-refractivity contribution in [1.29, 1.82) is 0 Å². The fraction of sp³-hybridized carbons (Fsp3) is 0.250. The zero-order valence-corrected chi connectivity index (χ0v) is 17.5. The van der Waals surface area contributed by atoms with E-state index in [-0.39, 0.29) is 0 Å². The highest BCUT2D eigenvalue weighted by molar-refractivity contribution is 7.17. The second-order valence-corrected chi connectivity index (χ2v) is 8.44. The molecule has 2 N–H and O–H groups in total. The summed E-state index contributed by atoms with van der Waals surface area (Å²) in [5.41, 5.74) is 3.37. The first-order valence-corrected chi connectivity index (χ1v) is 10.9. The summed E-state index contributed by atoms with van der Waals surface area (Å²) in [4.78, 5) is 9.69. The highest BCUT2D eigenvalue weighted by atomic mass is 32.1. The van der Waals surface area contributed by atoms with Gasteiger partial charge in [-0.05, 0) is 56.9 Å². The van der Waals surface area contributed by atoms with Gasteiger partial charge in [0.15, 0.2) is 5.82 Å². The largest absolute Gasteiger partial charge is 0.508 e. The molecule has 0 aliphatic heterocycles. The minimum Gasteiger partial charge on any atom is -0.508 e. The lowest BCUT2D eigenvalue weighted by atomic mass is 10.1. The summed E-state index contributed by atoms with van der Waals surface area (Å²) >= 11 is 1.73. The molecule has 0 aliphatic carbocycles.